The summed E-state index contributed by atoms with van der Waals surface area (Å²) in [4.78, 5) is 0.757. The van der Waals surface area contributed by atoms with Gasteiger partial charge in [0, 0.05) is 11.3 Å². The van der Waals surface area contributed by atoms with Gasteiger partial charge >= 0.3 is 0 Å². The summed E-state index contributed by atoms with van der Waals surface area (Å²) in [6, 6.07) is 16.1. The second-order valence-corrected chi connectivity index (χ2v) is 4.08. The summed E-state index contributed by atoms with van der Waals surface area (Å²) >= 11 is 5.37. The second-order valence-electron chi connectivity index (χ2n) is 3.67. The Morgan fingerprint density at radius 2 is 1.25 bits per heavy atom. The molecule has 0 spiro atoms. The van der Waals surface area contributed by atoms with Crippen LogP contribution in [0.1, 0.15) is 5.56 Å². The second kappa shape index (κ2) is 3.61. The molecule has 0 amide bonds. The summed E-state index contributed by atoms with van der Waals surface area (Å²) in [5.41, 5.74) is 4.15. The Morgan fingerprint density at radius 1 is 0.688 bits per heavy atom. The van der Waals surface area contributed by atoms with E-state index in [1.54, 1.807) is 0 Å². The summed E-state index contributed by atoms with van der Waals surface area (Å²) in [7, 11) is 0. The van der Waals surface area contributed by atoms with Gasteiger partial charge in [-0.15, -0.1) is 0 Å². The van der Waals surface area contributed by atoms with E-state index in [1.165, 1.54) is 0 Å². The lowest BCUT2D eigenvalue weighted by Crippen LogP contribution is -2.08. The van der Waals surface area contributed by atoms with Crippen molar-refractivity contribution in [2.24, 2.45) is 0 Å². The molecule has 2 aromatic carbocycles. The van der Waals surface area contributed by atoms with E-state index >= 15 is 0 Å². The minimum Gasteiger partial charge on any atom is -0.353 e. The van der Waals surface area contributed by atoms with Crippen LogP contribution in [0.15, 0.2) is 48.5 Å². The number of fused-ring (bicyclic) bond motifs is 2. The first kappa shape index (κ1) is 9.36. The van der Waals surface area contributed by atoms with Crippen molar-refractivity contribution < 1.29 is 0 Å². The molecule has 0 unspecified atom stereocenters. The van der Waals surface area contributed by atoms with E-state index in [0.717, 1.165) is 27.6 Å². The van der Waals surface area contributed by atoms with Crippen LogP contribution in [0.25, 0.3) is 0 Å². The molecule has 3 heteroatoms. The number of thiocarbonyl (C=S) groups is 1. The highest BCUT2D eigenvalue weighted by Crippen LogP contribution is 2.31. The van der Waals surface area contributed by atoms with Crippen molar-refractivity contribution in [1.82, 2.24) is 0 Å². The van der Waals surface area contributed by atoms with E-state index in [-0.39, 0.29) is 0 Å². The van der Waals surface area contributed by atoms with Crippen LogP contribution in [-0.2, 0) is 0 Å². The van der Waals surface area contributed by atoms with Gasteiger partial charge in [-0.1, -0.05) is 36.5 Å². The molecule has 78 valence electrons. The molecular weight excluding hydrogens is 216 g/mol. The standard InChI is InChI=1S/C13H10N2S/c16-13-9-5-1-2-6-10(9)14-11-7-3-4-8-12(11)15-13/h1-8,14H,(H,15,16). The predicted octanol–water partition coefficient (Wildman–Crippen LogP) is 3.53. The number of hydrogen-bond donors (Lipinski definition) is 2. The van der Waals surface area contributed by atoms with Crippen molar-refractivity contribution in [1.29, 1.82) is 0 Å². The van der Waals surface area contributed by atoms with Gasteiger partial charge in [-0.05, 0) is 24.3 Å². The maximum absolute atomic E-state index is 5.37. The molecule has 0 aromatic heterocycles. The van der Waals surface area contributed by atoms with Crippen molar-refractivity contribution in [2.45, 2.75) is 0 Å². The van der Waals surface area contributed by atoms with E-state index in [2.05, 4.69) is 10.6 Å². The molecule has 1 heterocycles. The molecule has 1 aliphatic rings. The first-order chi connectivity index (χ1) is 7.84. The maximum atomic E-state index is 5.37. The largest absolute Gasteiger partial charge is 0.353 e. The minimum absolute atomic E-state index is 0.757. The van der Waals surface area contributed by atoms with Gasteiger partial charge in [-0.3, -0.25) is 0 Å². The van der Waals surface area contributed by atoms with E-state index < -0.39 is 0 Å². The fourth-order valence-corrected chi connectivity index (χ4v) is 2.11. The number of benzene rings is 2. The summed E-state index contributed by atoms with van der Waals surface area (Å²) in [6.07, 6.45) is 0. The summed E-state index contributed by atoms with van der Waals surface area (Å²) in [5.74, 6) is 0. The molecule has 1 aliphatic heterocycles. The Balaban J connectivity index is 2.18. The van der Waals surface area contributed by atoms with Gasteiger partial charge in [-0.2, -0.15) is 0 Å². The van der Waals surface area contributed by atoms with Crippen molar-refractivity contribution in [3.05, 3.63) is 54.1 Å². The Labute approximate surface area is 99.3 Å². The third-order valence-electron chi connectivity index (χ3n) is 2.62. The van der Waals surface area contributed by atoms with Crippen LogP contribution in [0, 0.1) is 0 Å². The Bertz CT molecular complexity index is 563. The average molecular weight is 226 g/mol. The molecule has 0 saturated carbocycles. The molecule has 3 rings (SSSR count). The van der Waals surface area contributed by atoms with Gasteiger partial charge < -0.3 is 10.6 Å². The minimum atomic E-state index is 0.757. The molecule has 2 aromatic rings. The molecule has 0 radical (unpaired) electrons. The smallest absolute Gasteiger partial charge is 0.113 e. The van der Waals surface area contributed by atoms with Crippen molar-refractivity contribution in [2.75, 3.05) is 10.6 Å². The van der Waals surface area contributed by atoms with Crippen molar-refractivity contribution >= 4 is 34.3 Å². The normalized spacial score (nSPS) is 12.9. The first-order valence-corrected chi connectivity index (χ1v) is 5.52. The Kier molecular flexibility index (Phi) is 2.11. The van der Waals surface area contributed by atoms with Crippen LogP contribution in [0.5, 0.6) is 0 Å². The summed E-state index contributed by atoms with van der Waals surface area (Å²) in [5, 5.41) is 6.63. The molecule has 16 heavy (non-hydrogen) atoms. The van der Waals surface area contributed by atoms with Crippen LogP contribution in [-0.4, -0.2) is 4.99 Å². The Hall–Kier alpha value is -1.87. The summed E-state index contributed by atoms with van der Waals surface area (Å²) in [6.45, 7) is 0. The Morgan fingerprint density at radius 3 is 2.00 bits per heavy atom. The maximum Gasteiger partial charge on any atom is 0.113 e. The van der Waals surface area contributed by atoms with E-state index in [4.69, 9.17) is 12.2 Å². The SMILES string of the molecule is S=C1Nc2ccccc2Nc2ccccc21. The lowest BCUT2D eigenvalue weighted by atomic mass is 10.2. The zero-order valence-electron chi connectivity index (χ0n) is 8.53. The molecule has 0 bridgehead atoms. The van der Waals surface area contributed by atoms with Crippen molar-refractivity contribution in [3.8, 4) is 0 Å². The van der Waals surface area contributed by atoms with Crippen LogP contribution < -0.4 is 10.6 Å². The topological polar surface area (TPSA) is 24.1 Å². The molecule has 0 fully saturated rings. The molecule has 0 saturated heterocycles. The highest BCUT2D eigenvalue weighted by atomic mass is 32.1. The van der Waals surface area contributed by atoms with E-state index in [0.29, 0.717) is 0 Å². The lowest BCUT2D eigenvalue weighted by molar-refractivity contribution is 1.56. The lowest BCUT2D eigenvalue weighted by Gasteiger charge is -2.07. The number of rotatable bonds is 0. The number of anilines is 3. The number of para-hydroxylation sites is 3. The zero-order valence-corrected chi connectivity index (χ0v) is 9.34. The monoisotopic (exact) mass is 226 g/mol. The molecule has 0 aliphatic carbocycles. The fraction of sp³-hybridized carbons (Fsp3) is 0. The van der Waals surface area contributed by atoms with Gasteiger partial charge in [-0.25, -0.2) is 0 Å². The zero-order chi connectivity index (χ0) is 11.0. The van der Waals surface area contributed by atoms with Crippen molar-refractivity contribution in [3.63, 3.8) is 0 Å². The predicted molar refractivity (Wildman–Crippen MR) is 71.5 cm³/mol. The van der Waals surface area contributed by atoms with E-state index in [1.807, 2.05) is 48.5 Å². The van der Waals surface area contributed by atoms with E-state index in [9.17, 15) is 0 Å². The highest BCUT2D eigenvalue weighted by molar-refractivity contribution is 7.81. The van der Waals surface area contributed by atoms with Gasteiger partial charge in [0.25, 0.3) is 0 Å². The average Bonchev–Trinajstić information content (AvgIpc) is 2.45. The fourth-order valence-electron chi connectivity index (χ4n) is 1.83. The van der Waals surface area contributed by atoms with Gasteiger partial charge in [0.2, 0.25) is 0 Å². The summed E-state index contributed by atoms with van der Waals surface area (Å²) < 4.78 is 0. The molecule has 2 N–H and O–H groups in total. The van der Waals surface area contributed by atoms with Crippen LogP contribution in [0.2, 0.25) is 0 Å². The van der Waals surface area contributed by atoms with Gasteiger partial charge in [0.1, 0.15) is 4.99 Å². The molecule has 0 atom stereocenters. The number of hydrogen-bond acceptors (Lipinski definition) is 2. The highest BCUT2D eigenvalue weighted by Gasteiger charge is 2.14. The quantitative estimate of drug-likeness (QED) is 0.672. The van der Waals surface area contributed by atoms with Gasteiger partial charge in [0.15, 0.2) is 0 Å². The van der Waals surface area contributed by atoms with Gasteiger partial charge in [0.05, 0.1) is 11.4 Å². The number of nitrogens with one attached hydrogen (secondary N) is 2. The first-order valence-electron chi connectivity index (χ1n) is 5.11. The van der Waals surface area contributed by atoms with Crippen LogP contribution >= 0.6 is 12.2 Å². The third kappa shape index (κ3) is 1.46. The molecule has 2 nitrogen and oxygen atoms in total. The molecular formula is C13H10N2S. The van der Waals surface area contributed by atoms with Crippen LogP contribution in [0.3, 0.4) is 0 Å². The third-order valence-corrected chi connectivity index (χ3v) is 2.94. The van der Waals surface area contributed by atoms with Crippen LogP contribution in [0.4, 0.5) is 17.1 Å².